The van der Waals surface area contributed by atoms with E-state index >= 15 is 0 Å². The van der Waals surface area contributed by atoms with Crippen LogP contribution >= 0.6 is 0 Å². The smallest absolute Gasteiger partial charge is 0.234 e. The molecule has 5 nitrogen and oxygen atoms in total. The number of carbonyl (C=O) groups is 1. The maximum absolute atomic E-state index is 11.5. The molecule has 0 spiro atoms. The molecule has 0 bridgehead atoms. The first-order valence-electron chi connectivity index (χ1n) is 5.77. The van der Waals surface area contributed by atoms with Crippen LogP contribution in [-0.4, -0.2) is 72.7 Å². The van der Waals surface area contributed by atoms with Crippen LogP contribution < -0.4 is 5.32 Å². The molecule has 2 N–H and O–H groups in total. The van der Waals surface area contributed by atoms with Crippen molar-refractivity contribution >= 4 is 5.91 Å². The Morgan fingerprint density at radius 3 is 2.69 bits per heavy atom. The fraction of sp³-hybridized carbons (Fsp3) is 0.909. The second kappa shape index (κ2) is 5.61. The van der Waals surface area contributed by atoms with E-state index in [2.05, 4.69) is 36.0 Å². The zero-order valence-electron chi connectivity index (χ0n) is 10.5. The molecule has 1 heterocycles. The molecule has 0 aliphatic carbocycles. The quantitative estimate of drug-likeness (QED) is 0.657. The molecule has 1 saturated heterocycles. The second-order valence-electron chi connectivity index (χ2n) is 5.02. The van der Waals surface area contributed by atoms with Gasteiger partial charge in [0, 0.05) is 31.7 Å². The normalized spacial score (nSPS) is 22.0. The molecule has 1 aliphatic heterocycles. The van der Waals surface area contributed by atoms with Gasteiger partial charge in [-0.3, -0.25) is 14.6 Å². The van der Waals surface area contributed by atoms with Crippen molar-refractivity contribution in [2.45, 2.75) is 19.4 Å². The van der Waals surface area contributed by atoms with Crippen molar-refractivity contribution in [1.29, 1.82) is 0 Å². The standard InChI is InChI=1S/C11H23N3O2/c1-11(2)9-14(6-5-13(11)3)8-10(16)12-4-7-15/h15H,4-9H2,1-3H3,(H,12,16). The first-order chi connectivity index (χ1) is 7.45. The summed E-state index contributed by atoms with van der Waals surface area (Å²) in [5, 5.41) is 11.3. The average Bonchev–Trinajstić information content (AvgIpc) is 2.20. The summed E-state index contributed by atoms with van der Waals surface area (Å²) in [6.45, 7) is 7.95. The minimum absolute atomic E-state index is 0.0000289. The molecule has 94 valence electrons. The molecule has 0 unspecified atom stereocenters. The van der Waals surface area contributed by atoms with Gasteiger partial charge in [-0.15, -0.1) is 0 Å². The molecule has 0 radical (unpaired) electrons. The van der Waals surface area contributed by atoms with Gasteiger partial charge in [0.1, 0.15) is 0 Å². The minimum Gasteiger partial charge on any atom is -0.395 e. The van der Waals surface area contributed by atoms with E-state index in [0.717, 1.165) is 19.6 Å². The Balaban J connectivity index is 2.36. The Hall–Kier alpha value is -0.650. The zero-order valence-corrected chi connectivity index (χ0v) is 10.5. The van der Waals surface area contributed by atoms with Crippen LogP contribution in [0.3, 0.4) is 0 Å². The summed E-state index contributed by atoms with van der Waals surface area (Å²) in [4.78, 5) is 16.0. The Morgan fingerprint density at radius 1 is 1.44 bits per heavy atom. The number of amides is 1. The van der Waals surface area contributed by atoms with Gasteiger partial charge < -0.3 is 10.4 Å². The zero-order chi connectivity index (χ0) is 12.2. The number of nitrogens with zero attached hydrogens (tertiary/aromatic N) is 2. The monoisotopic (exact) mass is 229 g/mol. The maximum Gasteiger partial charge on any atom is 0.234 e. The molecule has 1 amide bonds. The van der Waals surface area contributed by atoms with E-state index in [0.29, 0.717) is 13.1 Å². The van der Waals surface area contributed by atoms with Gasteiger partial charge in [-0.2, -0.15) is 0 Å². The van der Waals surface area contributed by atoms with Gasteiger partial charge >= 0.3 is 0 Å². The molecule has 5 heteroatoms. The second-order valence-corrected chi connectivity index (χ2v) is 5.02. The van der Waals surface area contributed by atoms with Crippen molar-refractivity contribution in [2.24, 2.45) is 0 Å². The molecule has 0 saturated carbocycles. The van der Waals surface area contributed by atoms with Crippen molar-refractivity contribution < 1.29 is 9.90 Å². The highest BCUT2D eigenvalue weighted by Crippen LogP contribution is 2.18. The van der Waals surface area contributed by atoms with Gasteiger partial charge in [-0.05, 0) is 20.9 Å². The molecule has 1 aliphatic rings. The lowest BCUT2D eigenvalue weighted by Crippen LogP contribution is -2.58. The molecular weight excluding hydrogens is 206 g/mol. The predicted octanol–water partition coefficient (Wildman–Crippen LogP) is -0.879. The number of hydrogen-bond acceptors (Lipinski definition) is 4. The number of piperazine rings is 1. The largest absolute Gasteiger partial charge is 0.395 e. The van der Waals surface area contributed by atoms with Gasteiger partial charge in [0.25, 0.3) is 0 Å². The third kappa shape index (κ3) is 3.73. The third-order valence-electron chi connectivity index (χ3n) is 3.20. The maximum atomic E-state index is 11.5. The van der Waals surface area contributed by atoms with Crippen LogP contribution in [0.5, 0.6) is 0 Å². The first kappa shape index (κ1) is 13.4. The van der Waals surface area contributed by atoms with Crippen molar-refractivity contribution in [2.75, 3.05) is 46.4 Å². The summed E-state index contributed by atoms with van der Waals surface area (Å²) in [5.74, 6) is -0.00518. The molecule has 1 rings (SSSR count). The van der Waals surface area contributed by atoms with Crippen LogP contribution in [0.4, 0.5) is 0 Å². The topological polar surface area (TPSA) is 55.8 Å². The van der Waals surface area contributed by atoms with Crippen LogP contribution in [-0.2, 0) is 4.79 Å². The number of nitrogens with one attached hydrogen (secondary N) is 1. The van der Waals surface area contributed by atoms with Crippen LogP contribution in [0, 0.1) is 0 Å². The summed E-state index contributed by atoms with van der Waals surface area (Å²) >= 11 is 0. The first-order valence-corrected chi connectivity index (χ1v) is 5.77. The number of carbonyl (C=O) groups excluding carboxylic acids is 1. The lowest BCUT2D eigenvalue weighted by molar-refractivity contribution is -0.123. The van der Waals surface area contributed by atoms with Gasteiger partial charge in [0.15, 0.2) is 0 Å². The van der Waals surface area contributed by atoms with E-state index in [1.54, 1.807) is 0 Å². The van der Waals surface area contributed by atoms with E-state index in [1.807, 2.05) is 0 Å². The highest BCUT2D eigenvalue weighted by molar-refractivity contribution is 5.78. The Kier molecular flexibility index (Phi) is 4.70. The molecule has 16 heavy (non-hydrogen) atoms. The predicted molar refractivity (Wildman–Crippen MR) is 63.2 cm³/mol. The minimum atomic E-state index is -0.00518. The third-order valence-corrected chi connectivity index (χ3v) is 3.20. The van der Waals surface area contributed by atoms with Gasteiger partial charge in [0.05, 0.1) is 13.2 Å². The van der Waals surface area contributed by atoms with Crippen molar-refractivity contribution in [1.82, 2.24) is 15.1 Å². The van der Waals surface area contributed by atoms with Gasteiger partial charge in [-0.25, -0.2) is 0 Å². The number of likely N-dealkylation sites (N-methyl/N-ethyl adjacent to an activating group) is 1. The molecule has 0 aromatic carbocycles. The summed E-state index contributed by atoms with van der Waals surface area (Å²) in [6, 6.07) is 0. The number of hydrogen-bond donors (Lipinski definition) is 2. The van der Waals surface area contributed by atoms with Crippen LogP contribution in [0.15, 0.2) is 0 Å². The summed E-state index contributed by atoms with van der Waals surface area (Å²) < 4.78 is 0. The number of aliphatic hydroxyl groups is 1. The molecule has 0 aromatic rings. The lowest BCUT2D eigenvalue weighted by atomic mass is 10.00. The fourth-order valence-electron chi connectivity index (χ4n) is 1.93. The number of rotatable bonds is 4. The highest BCUT2D eigenvalue weighted by Gasteiger charge is 2.31. The van der Waals surface area contributed by atoms with Crippen LogP contribution in [0.2, 0.25) is 0 Å². The van der Waals surface area contributed by atoms with Crippen molar-refractivity contribution in [3.63, 3.8) is 0 Å². The van der Waals surface area contributed by atoms with E-state index < -0.39 is 0 Å². The molecule has 0 atom stereocenters. The highest BCUT2D eigenvalue weighted by atomic mass is 16.3. The van der Waals surface area contributed by atoms with Gasteiger partial charge in [0.2, 0.25) is 5.91 Å². The van der Waals surface area contributed by atoms with Gasteiger partial charge in [-0.1, -0.05) is 0 Å². The Bertz CT molecular complexity index is 243. The summed E-state index contributed by atoms with van der Waals surface area (Å²) in [7, 11) is 2.11. The van der Waals surface area contributed by atoms with E-state index in [-0.39, 0.29) is 18.1 Å². The van der Waals surface area contributed by atoms with Crippen LogP contribution in [0.1, 0.15) is 13.8 Å². The Morgan fingerprint density at radius 2 is 2.12 bits per heavy atom. The fourth-order valence-corrected chi connectivity index (χ4v) is 1.93. The van der Waals surface area contributed by atoms with Crippen molar-refractivity contribution in [3.8, 4) is 0 Å². The summed E-state index contributed by atoms with van der Waals surface area (Å²) in [5.41, 5.74) is 0.121. The summed E-state index contributed by atoms with van der Waals surface area (Å²) in [6.07, 6.45) is 0. The average molecular weight is 229 g/mol. The van der Waals surface area contributed by atoms with E-state index in [1.165, 1.54) is 0 Å². The molecule has 0 aromatic heterocycles. The molecule has 1 fully saturated rings. The number of aliphatic hydroxyl groups excluding tert-OH is 1. The SMILES string of the molecule is CN1CCN(CC(=O)NCCO)CC1(C)C. The van der Waals surface area contributed by atoms with E-state index in [9.17, 15) is 4.79 Å². The van der Waals surface area contributed by atoms with Crippen molar-refractivity contribution in [3.05, 3.63) is 0 Å². The lowest BCUT2D eigenvalue weighted by Gasteiger charge is -2.45. The van der Waals surface area contributed by atoms with E-state index in [4.69, 9.17) is 5.11 Å². The Labute approximate surface area is 97.4 Å². The van der Waals surface area contributed by atoms with Crippen LogP contribution in [0.25, 0.3) is 0 Å². The molecular formula is C11H23N3O2.